The van der Waals surface area contributed by atoms with Crippen molar-refractivity contribution >= 4 is 28.9 Å². The average molecular weight is 240 g/mol. The molecule has 1 rings (SSSR count). The monoisotopic (exact) mass is 239 g/mol. The van der Waals surface area contributed by atoms with Crippen LogP contribution in [0.15, 0.2) is 12.1 Å². The first-order valence-electron chi connectivity index (χ1n) is 3.38. The summed E-state index contributed by atoms with van der Waals surface area (Å²) in [5.41, 5.74) is -0.697. The molecule has 0 aliphatic carbocycles. The van der Waals surface area contributed by atoms with E-state index in [2.05, 4.69) is 0 Å². The Labute approximate surface area is 88.3 Å². The van der Waals surface area contributed by atoms with Crippen LogP contribution in [0.4, 0.5) is 10.1 Å². The molecule has 0 amide bonds. The van der Waals surface area contributed by atoms with Crippen LogP contribution in [0.1, 0.15) is 0 Å². The van der Waals surface area contributed by atoms with Gasteiger partial charge in [0, 0.05) is 12.1 Å². The van der Waals surface area contributed by atoms with Crippen molar-refractivity contribution < 1.29 is 14.1 Å². The predicted octanol–water partition coefficient (Wildman–Crippen LogP) is 2.96. The lowest BCUT2D eigenvalue weighted by molar-refractivity contribution is -0.387. The third-order valence-electron chi connectivity index (χ3n) is 1.41. The molecular weight excluding hydrogens is 236 g/mol. The zero-order chi connectivity index (χ0) is 10.7. The van der Waals surface area contributed by atoms with Crippen molar-refractivity contribution in [2.24, 2.45) is 0 Å². The molecule has 0 N–H and O–H groups in total. The van der Waals surface area contributed by atoms with Gasteiger partial charge in [-0.2, -0.15) is 4.39 Å². The molecule has 0 unspecified atom stereocenters. The van der Waals surface area contributed by atoms with E-state index in [4.69, 9.17) is 27.9 Å². The van der Waals surface area contributed by atoms with Crippen LogP contribution in [0, 0.1) is 15.9 Å². The van der Waals surface area contributed by atoms with Gasteiger partial charge in [-0.25, -0.2) is 0 Å². The summed E-state index contributed by atoms with van der Waals surface area (Å²) in [6.45, 7) is 0. The fourth-order valence-electron chi connectivity index (χ4n) is 0.827. The van der Waals surface area contributed by atoms with Crippen molar-refractivity contribution in [3.8, 4) is 5.75 Å². The van der Waals surface area contributed by atoms with Gasteiger partial charge in [-0.05, 0) is 0 Å². The highest BCUT2D eigenvalue weighted by atomic mass is 35.5. The molecule has 0 aromatic heterocycles. The molecule has 14 heavy (non-hydrogen) atoms. The van der Waals surface area contributed by atoms with Crippen LogP contribution < -0.4 is 4.74 Å². The summed E-state index contributed by atoms with van der Waals surface area (Å²) in [5, 5.41) is 10.2. The van der Waals surface area contributed by atoms with Crippen LogP contribution in [-0.4, -0.2) is 11.0 Å². The quantitative estimate of drug-likeness (QED) is 0.463. The molecular formula is C7H4Cl2FNO3. The van der Waals surface area contributed by atoms with Crippen molar-refractivity contribution in [1.82, 2.24) is 0 Å². The Hall–Kier alpha value is -1.07. The van der Waals surface area contributed by atoms with Crippen LogP contribution in [-0.2, 0) is 0 Å². The third-order valence-corrected chi connectivity index (χ3v) is 1.81. The van der Waals surface area contributed by atoms with Crippen molar-refractivity contribution in [1.29, 1.82) is 0 Å². The van der Waals surface area contributed by atoms with E-state index in [1.54, 1.807) is 0 Å². The third kappa shape index (κ3) is 2.24. The summed E-state index contributed by atoms with van der Waals surface area (Å²) in [6, 6.07) is 1.48. The lowest BCUT2D eigenvalue weighted by Crippen LogP contribution is -1.96. The second-order valence-electron chi connectivity index (χ2n) is 2.24. The van der Waals surface area contributed by atoms with Crippen molar-refractivity contribution in [3.63, 3.8) is 0 Å². The summed E-state index contributed by atoms with van der Waals surface area (Å²) in [5.74, 6) is -1.04. The van der Waals surface area contributed by atoms with E-state index in [9.17, 15) is 14.5 Å². The van der Waals surface area contributed by atoms with Crippen LogP contribution >= 0.6 is 23.2 Å². The van der Waals surface area contributed by atoms with E-state index in [1.165, 1.54) is 0 Å². The topological polar surface area (TPSA) is 52.4 Å². The number of ether oxygens (including phenoxy) is 1. The smallest absolute Gasteiger partial charge is 0.306 e. The lowest BCUT2D eigenvalue weighted by atomic mass is 10.3. The zero-order valence-corrected chi connectivity index (χ0v) is 8.18. The van der Waals surface area contributed by atoms with Crippen molar-refractivity contribution in [3.05, 3.63) is 33.1 Å². The SMILES string of the molecule is O=[N+]([O-])c1cc(Cl)c(OCCl)cc1F. The molecule has 0 radical (unpaired) electrons. The molecule has 4 nitrogen and oxygen atoms in total. The minimum atomic E-state index is -1.01. The molecule has 0 fully saturated rings. The van der Waals surface area contributed by atoms with Crippen LogP contribution in [0.5, 0.6) is 5.75 Å². The number of nitro benzene ring substituents is 1. The Bertz CT molecular complexity index is 372. The zero-order valence-electron chi connectivity index (χ0n) is 6.67. The Kier molecular flexibility index (Phi) is 3.49. The molecule has 0 bridgehead atoms. The Morgan fingerprint density at radius 1 is 1.57 bits per heavy atom. The average Bonchev–Trinajstić information content (AvgIpc) is 2.10. The van der Waals surface area contributed by atoms with E-state index in [1.807, 2.05) is 0 Å². The van der Waals surface area contributed by atoms with Gasteiger partial charge in [0.2, 0.25) is 5.82 Å². The van der Waals surface area contributed by atoms with E-state index in [-0.39, 0.29) is 16.8 Å². The van der Waals surface area contributed by atoms with Gasteiger partial charge in [0.15, 0.2) is 6.07 Å². The number of nitro groups is 1. The highest BCUT2D eigenvalue weighted by Crippen LogP contribution is 2.31. The standard InChI is InChI=1S/C7H4Cl2FNO3/c8-3-14-7-2-5(10)6(11(12)13)1-4(7)9/h1-2H,3H2. The number of benzene rings is 1. The summed E-state index contributed by atoms with van der Waals surface area (Å²) in [7, 11) is 0. The number of hydrogen-bond donors (Lipinski definition) is 0. The molecule has 76 valence electrons. The lowest BCUT2D eigenvalue weighted by Gasteiger charge is -2.04. The fourth-order valence-corrected chi connectivity index (χ4v) is 1.16. The molecule has 0 aliphatic heterocycles. The summed E-state index contributed by atoms with van der Waals surface area (Å²) in [4.78, 5) is 9.41. The molecule has 1 aromatic rings. The molecule has 1 aromatic carbocycles. The van der Waals surface area contributed by atoms with Gasteiger partial charge in [0.25, 0.3) is 0 Å². The number of halogens is 3. The molecule has 7 heteroatoms. The second kappa shape index (κ2) is 4.43. The minimum Gasteiger partial charge on any atom is -0.476 e. The number of nitrogens with zero attached hydrogens (tertiary/aromatic N) is 1. The molecule has 0 atom stereocenters. The first-order valence-corrected chi connectivity index (χ1v) is 4.29. The summed E-state index contributed by atoms with van der Waals surface area (Å²) >= 11 is 10.8. The minimum absolute atomic E-state index is 0.0234. The highest BCUT2D eigenvalue weighted by Gasteiger charge is 2.17. The first-order chi connectivity index (χ1) is 6.56. The second-order valence-corrected chi connectivity index (χ2v) is 2.87. The number of hydrogen-bond acceptors (Lipinski definition) is 3. The molecule has 0 aliphatic rings. The van der Waals surface area contributed by atoms with Gasteiger partial charge in [-0.1, -0.05) is 23.2 Å². The van der Waals surface area contributed by atoms with E-state index >= 15 is 0 Å². The summed E-state index contributed by atoms with van der Waals surface area (Å²) in [6.07, 6.45) is 0. The predicted molar refractivity (Wildman–Crippen MR) is 49.4 cm³/mol. The molecule has 0 saturated heterocycles. The maximum Gasteiger partial charge on any atom is 0.306 e. The van der Waals surface area contributed by atoms with Gasteiger partial charge >= 0.3 is 5.69 Å². The van der Waals surface area contributed by atoms with Crippen LogP contribution in [0.2, 0.25) is 5.02 Å². The maximum atomic E-state index is 13.0. The normalized spacial score (nSPS) is 9.93. The van der Waals surface area contributed by atoms with E-state index in [0.717, 1.165) is 12.1 Å². The Morgan fingerprint density at radius 2 is 2.21 bits per heavy atom. The maximum absolute atomic E-state index is 13.0. The molecule has 0 saturated carbocycles. The van der Waals surface area contributed by atoms with Crippen molar-refractivity contribution in [2.75, 3.05) is 6.07 Å². The Morgan fingerprint density at radius 3 is 2.71 bits per heavy atom. The van der Waals surface area contributed by atoms with Crippen molar-refractivity contribution in [2.45, 2.75) is 0 Å². The van der Waals surface area contributed by atoms with Gasteiger partial charge in [-0.3, -0.25) is 10.1 Å². The molecule has 0 spiro atoms. The van der Waals surface area contributed by atoms with Gasteiger partial charge < -0.3 is 4.74 Å². The van der Waals surface area contributed by atoms with Gasteiger partial charge in [-0.15, -0.1) is 0 Å². The summed E-state index contributed by atoms with van der Waals surface area (Å²) < 4.78 is 17.7. The van der Waals surface area contributed by atoms with Gasteiger partial charge in [0.05, 0.1) is 9.95 Å². The van der Waals surface area contributed by atoms with Gasteiger partial charge in [0.1, 0.15) is 5.75 Å². The van der Waals surface area contributed by atoms with Crippen LogP contribution in [0.25, 0.3) is 0 Å². The fraction of sp³-hybridized carbons (Fsp3) is 0.143. The molecule has 0 heterocycles. The number of alkyl halides is 1. The first kappa shape index (κ1) is 11.0. The largest absolute Gasteiger partial charge is 0.476 e. The van der Waals surface area contributed by atoms with E-state index in [0.29, 0.717) is 0 Å². The van der Waals surface area contributed by atoms with E-state index < -0.39 is 16.4 Å². The number of rotatable bonds is 3. The highest BCUT2D eigenvalue weighted by molar-refractivity contribution is 6.32. The Balaban J connectivity index is 3.17. The van der Waals surface area contributed by atoms with Crippen LogP contribution in [0.3, 0.4) is 0 Å².